The molecule has 0 aromatic carbocycles. The van der Waals surface area contributed by atoms with E-state index in [-0.39, 0.29) is 51.6 Å². The number of fused-ring (bicyclic) bond motifs is 2. The SMILES string of the molecule is CC(=O)C[C@@H]1[C@@]2(C)C=C(C#N)C(=O)C[C@@H]2CC[C@@]1(C)C(C)CC[C@@]1(C(=O)O)CCC(C)(C)CC2C(C)C21. The summed E-state index contributed by atoms with van der Waals surface area (Å²) < 4.78 is 0. The van der Waals surface area contributed by atoms with Gasteiger partial charge < -0.3 is 9.90 Å². The molecule has 0 aromatic rings. The Bertz CT molecular complexity index is 1050. The first-order valence-electron chi connectivity index (χ1n) is 14.5. The van der Waals surface area contributed by atoms with Crippen LogP contribution in [0.2, 0.25) is 0 Å². The maximum Gasteiger partial charge on any atom is 0.309 e. The van der Waals surface area contributed by atoms with Gasteiger partial charge in [0, 0.05) is 12.8 Å². The number of aliphatic carboxylic acids is 1. The van der Waals surface area contributed by atoms with Crippen molar-refractivity contribution < 1.29 is 19.5 Å². The van der Waals surface area contributed by atoms with E-state index in [2.05, 4.69) is 47.6 Å². The van der Waals surface area contributed by atoms with Gasteiger partial charge in [0.05, 0.1) is 11.0 Å². The van der Waals surface area contributed by atoms with Gasteiger partial charge in [-0.25, -0.2) is 0 Å². The second-order valence-corrected chi connectivity index (χ2v) is 14.7. The smallest absolute Gasteiger partial charge is 0.309 e. The van der Waals surface area contributed by atoms with Crippen LogP contribution in [0.3, 0.4) is 0 Å². The summed E-state index contributed by atoms with van der Waals surface area (Å²) in [5.41, 5.74) is -0.800. The molecule has 4 aliphatic carbocycles. The van der Waals surface area contributed by atoms with Crippen molar-refractivity contribution in [2.45, 2.75) is 106 Å². The first kappa shape index (κ1) is 28.1. The van der Waals surface area contributed by atoms with Crippen LogP contribution in [0.1, 0.15) is 106 Å². The van der Waals surface area contributed by atoms with E-state index < -0.39 is 16.8 Å². The van der Waals surface area contributed by atoms with E-state index in [0.717, 1.165) is 38.5 Å². The normalized spacial score (nSPS) is 43.4. The highest BCUT2D eigenvalue weighted by atomic mass is 16.4. The highest BCUT2D eigenvalue weighted by Gasteiger charge is 2.64. The average Bonchev–Trinajstić information content (AvgIpc) is 3.46. The number of hydrogen-bond acceptors (Lipinski definition) is 4. The summed E-state index contributed by atoms with van der Waals surface area (Å²) >= 11 is 0. The first-order valence-corrected chi connectivity index (χ1v) is 14.5. The van der Waals surface area contributed by atoms with Gasteiger partial charge in [0.15, 0.2) is 5.78 Å². The second-order valence-electron chi connectivity index (χ2n) is 14.7. The molecule has 5 heteroatoms. The summed E-state index contributed by atoms with van der Waals surface area (Å²) in [6.07, 6.45) is 8.85. The summed E-state index contributed by atoms with van der Waals surface area (Å²) in [7, 11) is 0. The molecule has 204 valence electrons. The summed E-state index contributed by atoms with van der Waals surface area (Å²) in [5, 5.41) is 20.2. The van der Waals surface area contributed by atoms with E-state index >= 15 is 0 Å². The fraction of sp³-hybridized carbons (Fsp3) is 0.812. The predicted octanol–water partition coefficient (Wildman–Crippen LogP) is 7.01. The summed E-state index contributed by atoms with van der Waals surface area (Å²) in [4.78, 5) is 38.0. The van der Waals surface area contributed by atoms with Crippen LogP contribution in [0.4, 0.5) is 0 Å². The zero-order chi connectivity index (χ0) is 27.6. The minimum absolute atomic E-state index is 0.0177. The predicted molar refractivity (Wildman–Crippen MR) is 143 cm³/mol. The van der Waals surface area contributed by atoms with Gasteiger partial charge in [-0.1, -0.05) is 47.6 Å². The number of ketones is 2. The molecule has 0 radical (unpaired) electrons. The lowest BCUT2D eigenvalue weighted by Gasteiger charge is -2.58. The molecule has 4 unspecified atom stereocenters. The Labute approximate surface area is 223 Å². The number of carbonyl (C=O) groups is 3. The third kappa shape index (κ3) is 4.61. The van der Waals surface area contributed by atoms with Crippen LogP contribution in [0.5, 0.6) is 0 Å². The molecule has 1 N–H and O–H groups in total. The number of rotatable bonds is 7. The Morgan fingerprint density at radius 3 is 2.46 bits per heavy atom. The highest BCUT2D eigenvalue weighted by Crippen LogP contribution is 2.67. The molecule has 5 nitrogen and oxygen atoms in total. The first-order chi connectivity index (χ1) is 17.1. The molecule has 0 aliphatic heterocycles. The fourth-order valence-electron chi connectivity index (χ4n) is 9.35. The van der Waals surface area contributed by atoms with Gasteiger partial charge in [-0.05, 0) is 104 Å². The number of allylic oxidation sites excluding steroid dienone is 2. The van der Waals surface area contributed by atoms with Crippen molar-refractivity contribution in [2.24, 2.45) is 57.2 Å². The Morgan fingerprint density at radius 1 is 1.19 bits per heavy atom. The van der Waals surface area contributed by atoms with Crippen molar-refractivity contribution >= 4 is 17.5 Å². The average molecular weight is 510 g/mol. The Kier molecular flexibility index (Phi) is 7.09. The monoisotopic (exact) mass is 509 g/mol. The molecule has 0 saturated heterocycles. The molecule has 0 spiro atoms. The molecule has 0 amide bonds. The number of nitriles is 1. The van der Waals surface area contributed by atoms with Crippen LogP contribution >= 0.6 is 0 Å². The van der Waals surface area contributed by atoms with Crippen LogP contribution in [-0.4, -0.2) is 22.6 Å². The van der Waals surface area contributed by atoms with Crippen LogP contribution in [0, 0.1) is 68.5 Å². The maximum atomic E-state index is 12.9. The van der Waals surface area contributed by atoms with E-state index in [9.17, 15) is 24.8 Å². The van der Waals surface area contributed by atoms with Crippen molar-refractivity contribution in [3.63, 3.8) is 0 Å². The Morgan fingerprint density at radius 2 is 1.86 bits per heavy atom. The van der Waals surface area contributed by atoms with Crippen molar-refractivity contribution in [1.82, 2.24) is 0 Å². The minimum atomic E-state index is -0.662. The summed E-state index contributed by atoms with van der Waals surface area (Å²) in [6.45, 7) is 15.2. The minimum Gasteiger partial charge on any atom is -0.481 e. The standard InChI is InChI=1S/C32H47NO4/c1-19(8-11-32(28(36)37)13-12-29(4,5)17-24-21(3)27(24)32)30(6)10-9-23-15-25(35)22(18-33)16-31(23,7)26(30)14-20(2)34/h16,19,21,23-24,26-27H,8-15,17H2,1-7H3,(H,36,37)/t19?,21?,23-,24?,26-,27?,30-,31-,32+/m0/s1. The number of carbonyl (C=O) groups excluding carboxylic acids is 2. The molecule has 3 saturated carbocycles. The summed E-state index contributed by atoms with van der Waals surface area (Å²) in [6, 6.07) is 2.12. The lowest BCUT2D eigenvalue weighted by molar-refractivity contribution is -0.153. The molecular weight excluding hydrogens is 462 g/mol. The van der Waals surface area contributed by atoms with Crippen molar-refractivity contribution in [3.8, 4) is 6.07 Å². The topological polar surface area (TPSA) is 95.2 Å². The Balaban J connectivity index is 1.63. The molecule has 0 heterocycles. The number of nitrogens with zero attached hydrogens (tertiary/aromatic N) is 1. The van der Waals surface area contributed by atoms with Crippen molar-refractivity contribution in [1.29, 1.82) is 5.26 Å². The van der Waals surface area contributed by atoms with Gasteiger partial charge in [-0.2, -0.15) is 5.26 Å². The molecular formula is C32H47NO4. The molecule has 4 rings (SSSR count). The lowest BCUT2D eigenvalue weighted by Crippen LogP contribution is -2.53. The quantitative estimate of drug-likeness (QED) is 0.398. The number of carboxylic acids is 1. The van der Waals surface area contributed by atoms with Gasteiger partial charge in [0.25, 0.3) is 0 Å². The molecule has 0 bridgehead atoms. The maximum absolute atomic E-state index is 12.9. The fourth-order valence-corrected chi connectivity index (χ4v) is 9.35. The third-order valence-corrected chi connectivity index (χ3v) is 12.1. The van der Waals surface area contributed by atoms with E-state index in [1.54, 1.807) is 6.92 Å². The molecule has 37 heavy (non-hydrogen) atoms. The number of carboxylic acid groups (broad SMARTS) is 1. The zero-order valence-corrected chi connectivity index (χ0v) is 24.0. The molecule has 9 atom stereocenters. The van der Waals surface area contributed by atoms with Crippen molar-refractivity contribution in [3.05, 3.63) is 11.6 Å². The number of hydrogen-bond donors (Lipinski definition) is 1. The van der Waals surface area contributed by atoms with Crippen molar-refractivity contribution in [2.75, 3.05) is 0 Å². The highest BCUT2D eigenvalue weighted by molar-refractivity contribution is 6.00. The number of Topliss-reactive ketones (excluding diaryl/α,β-unsaturated/α-hetero) is 2. The summed E-state index contributed by atoms with van der Waals surface area (Å²) in [5.74, 6) is 1.07. The largest absolute Gasteiger partial charge is 0.481 e. The van der Waals surface area contributed by atoms with E-state index in [1.807, 2.05) is 6.08 Å². The second kappa shape index (κ2) is 9.35. The third-order valence-electron chi connectivity index (χ3n) is 12.1. The van der Waals surface area contributed by atoms with Gasteiger partial charge in [-0.15, -0.1) is 0 Å². The molecule has 0 aromatic heterocycles. The van der Waals surface area contributed by atoms with Crippen LogP contribution in [-0.2, 0) is 14.4 Å². The van der Waals surface area contributed by atoms with Gasteiger partial charge in [0.1, 0.15) is 11.9 Å². The zero-order valence-electron chi connectivity index (χ0n) is 24.0. The Hall–Kier alpha value is -1.96. The molecule has 4 aliphatic rings. The van der Waals surface area contributed by atoms with E-state index in [4.69, 9.17) is 0 Å². The van der Waals surface area contributed by atoms with Gasteiger partial charge in [-0.3, -0.25) is 9.59 Å². The molecule has 3 fully saturated rings. The van der Waals surface area contributed by atoms with Crippen LogP contribution in [0.25, 0.3) is 0 Å². The van der Waals surface area contributed by atoms with E-state index in [0.29, 0.717) is 31.1 Å². The van der Waals surface area contributed by atoms with Crippen LogP contribution < -0.4 is 0 Å². The van der Waals surface area contributed by atoms with Gasteiger partial charge in [0.2, 0.25) is 0 Å². The van der Waals surface area contributed by atoms with Gasteiger partial charge >= 0.3 is 5.97 Å². The lowest BCUT2D eigenvalue weighted by atomic mass is 9.45. The van der Waals surface area contributed by atoms with Crippen LogP contribution in [0.15, 0.2) is 11.6 Å². The van der Waals surface area contributed by atoms with E-state index in [1.165, 1.54) is 0 Å².